The van der Waals surface area contributed by atoms with Gasteiger partial charge in [-0.2, -0.15) is 0 Å². The normalized spacial score (nSPS) is 11.3. The van der Waals surface area contributed by atoms with E-state index in [1.165, 1.54) is 13.8 Å². The molecule has 0 fully saturated rings. The van der Waals surface area contributed by atoms with Crippen molar-refractivity contribution in [1.82, 2.24) is 0 Å². The van der Waals surface area contributed by atoms with E-state index in [0.717, 1.165) is 5.56 Å². The molecule has 3 nitrogen and oxygen atoms in total. The van der Waals surface area contributed by atoms with Crippen molar-refractivity contribution in [2.24, 2.45) is 0 Å². The number of carboxylic acid groups (broad SMARTS) is 1. The minimum atomic E-state index is -1.41. The highest BCUT2D eigenvalue weighted by molar-refractivity contribution is 5.66. The highest BCUT2D eigenvalue weighted by Gasteiger charge is 2.20. The zero-order valence-corrected chi connectivity index (χ0v) is 11.0. The number of aryl methyl sites for hydroxylation is 1. The SMILES string of the molecule is COc1ccc(C(C)(C)F)cc1CCCC(=O)O. The van der Waals surface area contributed by atoms with Crippen LogP contribution >= 0.6 is 0 Å². The van der Waals surface area contributed by atoms with Gasteiger partial charge in [-0.1, -0.05) is 6.07 Å². The van der Waals surface area contributed by atoms with Gasteiger partial charge >= 0.3 is 5.97 Å². The Morgan fingerprint density at radius 3 is 2.61 bits per heavy atom. The summed E-state index contributed by atoms with van der Waals surface area (Å²) in [6, 6.07) is 5.17. The molecule has 0 aromatic heterocycles. The minimum absolute atomic E-state index is 0.104. The Kier molecular flexibility index (Phi) is 4.70. The Hall–Kier alpha value is -1.58. The predicted molar refractivity (Wildman–Crippen MR) is 67.7 cm³/mol. The maximum absolute atomic E-state index is 13.9. The van der Waals surface area contributed by atoms with E-state index in [4.69, 9.17) is 9.84 Å². The van der Waals surface area contributed by atoms with Crippen LogP contribution in [0.5, 0.6) is 5.75 Å². The predicted octanol–water partition coefficient (Wildman–Crippen LogP) is 3.31. The van der Waals surface area contributed by atoms with Crippen LogP contribution in [0.15, 0.2) is 18.2 Å². The molecule has 1 aromatic carbocycles. The van der Waals surface area contributed by atoms with Crippen LogP contribution in [-0.2, 0) is 16.9 Å². The fourth-order valence-corrected chi connectivity index (χ4v) is 1.77. The van der Waals surface area contributed by atoms with Gasteiger partial charge in [0.1, 0.15) is 11.4 Å². The van der Waals surface area contributed by atoms with Crippen LogP contribution in [0.1, 0.15) is 37.8 Å². The third kappa shape index (κ3) is 4.02. The number of benzene rings is 1. The van der Waals surface area contributed by atoms with Crippen LogP contribution in [0, 0.1) is 0 Å². The molecule has 1 aromatic rings. The van der Waals surface area contributed by atoms with E-state index in [0.29, 0.717) is 24.2 Å². The Bertz CT molecular complexity index is 422. The van der Waals surface area contributed by atoms with E-state index in [9.17, 15) is 9.18 Å². The van der Waals surface area contributed by atoms with Crippen molar-refractivity contribution in [3.05, 3.63) is 29.3 Å². The van der Waals surface area contributed by atoms with Gasteiger partial charge in [0.2, 0.25) is 0 Å². The zero-order chi connectivity index (χ0) is 13.8. The monoisotopic (exact) mass is 254 g/mol. The number of rotatable bonds is 6. The summed E-state index contributed by atoms with van der Waals surface area (Å²) in [6.07, 6.45) is 1.19. The molecule has 0 saturated heterocycles. The van der Waals surface area contributed by atoms with Gasteiger partial charge in [0, 0.05) is 6.42 Å². The molecule has 4 heteroatoms. The Balaban J connectivity index is 2.89. The molecule has 1 rings (SSSR count). The largest absolute Gasteiger partial charge is 0.496 e. The molecule has 18 heavy (non-hydrogen) atoms. The van der Waals surface area contributed by atoms with E-state index in [2.05, 4.69) is 0 Å². The number of ether oxygens (including phenoxy) is 1. The van der Waals surface area contributed by atoms with Gasteiger partial charge in [-0.25, -0.2) is 4.39 Å². The van der Waals surface area contributed by atoms with E-state index in [-0.39, 0.29) is 6.42 Å². The van der Waals surface area contributed by atoms with E-state index < -0.39 is 11.6 Å². The van der Waals surface area contributed by atoms with Gasteiger partial charge in [0.05, 0.1) is 7.11 Å². The van der Waals surface area contributed by atoms with Crippen LogP contribution < -0.4 is 4.74 Å². The highest BCUT2D eigenvalue weighted by atomic mass is 19.1. The molecule has 0 bridgehead atoms. The van der Waals surface area contributed by atoms with Crippen molar-refractivity contribution in [1.29, 1.82) is 0 Å². The van der Waals surface area contributed by atoms with E-state index in [1.54, 1.807) is 25.3 Å². The molecule has 0 heterocycles. The van der Waals surface area contributed by atoms with Crippen molar-refractivity contribution in [3.8, 4) is 5.75 Å². The summed E-state index contributed by atoms with van der Waals surface area (Å²) in [7, 11) is 1.55. The lowest BCUT2D eigenvalue weighted by molar-refractivity contribution is -0.137. The average molecular weight is 254 g/mol. The summed E-state index contributed by atoms with van der Waals surface area (Å²) in [5.74, 6) is -0.149. The van der Waals surface area contributed by atoms with Crippen molar-refractivity contribution in [2.75, 3.05) is 7.11 Å². The van der Waals surface area contributed by atoms with Gasteiger partial charge in [-0.15, -0.1) is 0 Å². The number of alkyl halides is 1. The summed E-state index contributed by atoms with van der Waals surface area (Å²) in [5, 5.41) is 8.61. The third-order valence-electron chi connectivity index (χ3n) is 2.80. The fourth-order valence-electron chi connectivity index (χ4n) is 1.77. The van der Waals surface area contributed by atoms with Crippen molar-refractivity contribution < 1.29 is 19.0 Å². The molecule has 0 aliphatic heterocycles. The molecule has 0 unspecified atom stereocenters. The van der Waals surface area contributed by atoms with Crippen LogP contribution in [0.3, 0.4) is 0 Å². The molecule has 0 spiro atoms. The summed E-state index contributed by atoms with van der Waals surface area (Å²) in [5.41, 5.74) is 0.0176. The zero-order valence-electron chi connectivity index (χ0n) is 11.0. The van der Waals surface area contributed by atoms with Gasteiger partial charge in [0.15, 0.2) is 0 Å². The summed E-state index contributed by atoms with van der Waals surface area (Å²) < 4.78 is 19.1. The standard InChI is InChI=1S/C14H19FO3/c1-14(2,15)11-7-8-12(18-3)10(9-11)5-4-6-13(16)17/h7-9H,4-6H2,1-3H3,(H,16,17). The minimum Gasteiger partial charge on any atom is -0.496 e. The summed E-state index contributed by atoms with van der Waals surface area (Å²) in [6.45, 7) is 2.99. The Morgan fingerprint density at radius 2 is 2.11 bits per heavy atom. The molecule has 0 amide bonds. The van der Waals surface area contributed by atoms with Gasteiger partial charge in [-0.05, 0) is 49.9 Å². The van der Waals surface area contributed by atoms with Crippen molar-refractivity contribution in [3.63, 3.8) is 0 Å². The molecule has 0 saturated carbocycles. The lowest BCUT2D eigenvalue weighted by Crippen LogP contribution is -2.10. The number of carbonyl (C=O) groups is 1. The first-order chi connectivity index (χ1) is 8.34. The van der Waals surface area contributed by atoms with E-state index in [1.807, 2.05) is 0 Å². The Morgan fingerprint density at radius 1 is 1.44 bits per heavy atom. The second-order valence-electron chi connectivity index (χ2n) is 4.75. The Labute approximate surface area is 107 Å². The smallest absolute Gasteiger partial charge is 0.303 e. The van der Waals surface area contributed by atoms with Crippen LogP contribution in [0.25, 0.3) is 0 Å². The van der Waals surface area contributed by atoms with Gasteiger partial charge in [0.25, 0.3) is 0 Å². The van der Waals surface area contributed by atoms with E-state index >= 15 is 0 Å². The molecular weight excluding hydrogens is 235 g/mol. The first-order valence-corrected chi connectivity index (χ1v) is 5.92. The molecule has 0 aliphatic rings. The quantitative estimate of drug-likeness (QED) is 0.847. The van der Waals surface area contributed by atoms with Crippen molar-refractivity contribution in [2.45, 2.75) is 38.8 Å². The number of halogens is 1. The lowest BCUT2D eigenvalue weighted by Gasteiger charge is -2.17. The molecule has 1 N–H and O–H groups in total. The number of hydrogen-bond acceptors (Lipinski definition) is 2. The molecule has 0 radical (unpaired) electrons. The molecular formula is C14H19FO3. The number of carboxylic acids is 1. The average Bonchev–Trinajstić information content (AvgIpc) is 2.27. The molecule has 0 atom stereocenters. The number of aliphatic carboxylic acids is 1. The highest BCUT2D eigenvalue weighted by Crippen LogP contribution is 2.30. The number of methoxy groups -OCH3 is 1. The molecule has 100 valence electrons. The second-order valence-corrected chi connectivity index (χ2v) is 4.75. The second kappa shape index (κ2) is 5.85. The maximum Gasteiger partial charge on any atom is 0.303 e. The number of hydrogen-bond donors (Lipinski definition) is 1. The maximum atomic E-state index is 13.9. The first-order valence-electron chi connectivity index (χ1n) is 5.92. The lowest BCUT2D eigenvalue weighted by atomic mass is 9.95. The van der Waals surface area contributed by atoms with Crippen LogP contribution in [0.4, 0.5) is 4.39 Å². The van der Waals surface area contributed by atoms with Gasteiger partial charge < -0.3 is 9.84 Å². The topological polar surface area (TPSA) is 46.5 Å². The summed E-state index contributed by atoms with van der Waals surface area (Å²) in [4.78, 5) is 10.5. The van der Waals surface area contributed by atoms with Crippen LogP contribution in [0.2, 0.25) is 0 Å². The first kappa shape index (κ1) is 14.5. The fraction of sp³-hybridized carbons (Fsp3) is 0.500. The third-order valence-corrected chi connectivity index (χ3v) is 2.80. The van der Waals surface area contributed by atoms with Crippen molar-refractivity contribution >= 4 is 5.97 Å². The summed E-state index contributed by atoms with van der Waals surface area (Å²) >= 11 is 0. The van der Waals surface area contributed by atoms with Gasteiger partial charge in [-0.3, -0.25) is 4.79 Å². The van der Waals surface area contributed by atoms with Crippen LogP contribution in [-0.4, -0.2) is 18.2 Å². The molecule has 0 aliphatic carbocycles.